The minimum Gasteiger partial charge on any atom is -0.309 e. The van der Waals surface area contributed by atoms with Gasteiger partial charge in [-0.3, -0.25) is 4.68 Å². The number of aromatic nitrogens is 3. The summed E-state index contributed by atoms with van der Waals surface area (Å²) in [6.45, 7) is 2.93. The number of rotatable bonds is 6. The van der Waals surface area contributed by atoms with Crippen LogP contribution in [-0.4, -0.2) is 45.8 Å². The molecule has 1 N–H and O–H groups in total. The molecule has 0 amide bonds. The van der Waals surface area contributed by atoms with Crippen molar-refractivity contribution in [2.24, 2.45) is 7.05 Å². The molecule has 0 radical (unpaired) electrons. The van der Waals surface area contributed by atoms with Crippen molar-refractivity contribution in [3.05, 3.63) is 12.2 Å². The van der Waals surface area contributed by atoms with E-state index in [-0.39, 0.29) is 0 Å². The second-order valence-electron chi connectivity index (χ2n) is 4.19. The summed E-state index contributed by atoms with van der Waals surface area (Å²) in [5, 5.41) is 7.40. The van der Waals surface area contributed by atoms with Crippen molar-refractivity contribution in [2.45, 2.75) is 25.4 Å². The molecule has 0 spiro atoms. The summed E-state index contributed by atoms with van der Waals surface area (Å²) in [5.74, 6) is 0.990. The highest BCUT2D eigenvalue weighted by molar-refractivity contribution is 4.84. The number of nitrogens with zero attached hydrogens (tertiary/aromatic N) is 4. The molecule has 1 aliphatic carbocycles. The van der Waals surface area contributed by atoms with E-state index in [0.717, 1.165) is 31.5 Å². The summed E-state index contributed by atoms with van der Waals surface area (Å²) < 4.78 is 1.80. The van der Waals surface area contributed by atoms with Crippen molar-refractivity contribution >= 4 is 0 Å². The fourth-order valence-corrected chi connectivity index (χ4v) is 1.63. The molecule has 1 fully saturated rings. The number of aryl methyl sites for hydroxylation is 1. The number of hydrogen-bond acceptors (Lipinski definition) is 4. The SMILES string of the molecule is CN(CCNCc1ncnn1C)C1CC1. The maximum absolute atomic E-state index is 4.16. The van der Waals surface area contributed by atoms with Crippen molar-refractivity contribution in [1.29, 1.82) is 0 Å². The monoisotopic (exact) mass is 209 g/mol. The Morgan fingerprint density at radius 1 is 1.60 bits per heavy atom. The van der Waals surface area contributed by atoms with E-state index in [1.165, 1.54) is 12.8 Å². The third-order valence-corrected chi connectivity index (χ3v) is 2.90. The lowest BCUT2D eigenvalue weighted by molar-refractivity contribution is 0.321. The summed E-state index contributed by atoms with van der Waals surface area (Å²) in [5.41, 5.74) is 0. The first kappa shape index (κ1) is 10.6. The van der Waals surface area contributed by atoms with E-state index in [2.05, 4.69) is 27.3 Å². The fraction of sp³-hybridized carbons (Fsp3) is 0.800. The Bertz CT molecular complexity index is 305. The Hall–Kier alpha value is -0.940. The Morgan fingerprint density at radius 3 is 3.00 bits per heavy atom. The topological polar surface area (TPSA) is 46.0 Å². The van der Waals surface area contributed by atoms with Gasteiger partial charge >= 0.3 is 0 Å². The van der Waals surface area contributed by atoms with Crippen molar-refractivity contribution in [1.82, 2.24) is 25.0 Å². The van der Waals surface area contributed by atoms with Crippen molar-refractivity contribution in [2.75, 3.05) is 20.1 Å². The average molecular weight is 209 g/mol. The fourth-order valence-electron chi connectivity index (χ4n) is 1.63. The lowest BCUT2D eigenvalue weighted by Gasteiger charge is -2.15. The second-order valence-corrected chi connectivity index (χ2v) is 4.19. The minimum atomic E-state index is 0.801. The Morgan fingerprint density at radius 2 is 2.40 bits per heavy atom. The van der Waals surface area contributed by atoms with E-state index in [9.17, 15) is 0 Å². The van der Waals surface area contributed by atoms with Gasteiger partial charge in [-0.15, -0.1) is 0 Å². The van der Waals surface area contributed by atoms with Gasteiger partial charge < -0.3 is 10.2 Å². The molecule has 1 aliphatic rings. The zero-order valence-corrected chi connectivity index (χ0v) is 9.48. The molecule has 5 heteroatoms. The van der Waals surface area contributed by atoms with Crippen molar-refractivity contribution < 1.29 is 0 Å². The van der Waals surface area contributed by atoms with E-state index in [4.69, 9.17) is 0 Å². The van der Waals surface area contributed by atoms with Crippen LogP contribution in [0.4, 0.5) is 0 Å². The predicted octanol–water partition coefficient (Wildman–Crippen LogP) is -0.00110. The number of nitrogens with one attached hydrogen (secondary N) is 1. The van der Waals surface area contributed by atoms with Crippen LogP contribution in [0, 0.1) is 0 Å². The van der Waals surface area contributed by atoms with Gasteiger partial charge in [-0.25, -0.2) is 4.98 Å². The molecular weight excluding hydrogens is 190 g/mol. The largest absolute Gasteiger partial charge is 0.309 e. The van der Waals surface area contributed by atoms with Crippen LogP contribution < -0.4 is 5.32 Å². The van der Waals surface area contributed by atoms with Gasteiger partial charge in [-0.2, -0.15) is 5.10 Å². The highest BCUT2D eigenvalue weighted by Crippen LogP contribution is 2.24. The predicted molar refractivity (Wildman–Crippen MR) is 58.4 cm³/mol. The summed E-state index contributed by atoms with van der Waals surface area (Å²) in [7, 11) is 4.11. The molecule has 0 unspecified atom stereocenters. The molecule has 2 rings (SSSR count). The van der Waals surface area contributed by atoms with E-state index >= 15 is 0 Å². The van der Waals surface area contributed by atoms with Gasteiger partial charge in [-0.05, 0) is 19.9 Å². The molecule has 0 atom stereocenters. The molecule has 0 saturated heterocycles. The van der Waals surface area contributed by atoms with E-state index in [1.807, 2.05) is 7.05 Å². The van der Waals surface area contributed by atoms with Crippen LogP contribution in [0.3, 0.4) is 0 Å². The summed E-state index contributed by atoms with van der Waals surface area (Å²) in [6.07, 6.45) is 4.34. The van der Waals surface area contributed by atoms with Crippen LogP contribution in [0.2, 0.25) is 0 Å². The molecule has 1 aromatic heterocycles. The Labute approximate surface area is 90.5 Å². The Balaban J connectivity index is 1.60. The van der Waals surface area contributed by atoms with Crippen molar-refractivity contribution in [3.63, 3.8) is 0 Å². The molecule has 0 bridgehead atoms. The lowest BCUT2D eigenvalue weighted by Crippen LogP contribution is -2.30. The number of likely N-dealkylation sites (N-methyl/N-ethyl adjacent to an activating group) is 1. The zero-order valence-electron chi connectivity index (χ0n) is 9.48. The van der Waals surface area contributed by atoms with E-state index in [1.54, 1.807) is 11.0 Å². The highest BCUT2D eigenvalue weighted by atomic mass is 15.3. The van der Waals surface area contributed by atoms with Crippen molar-refractivity contribution in [3.8, 4) is 0 Å². The zero-order chi connectivity index (χ0) is 10.7. The van der Waals surface area contributed by atoms with Crippen LogP contribution in [0.5, 0.6) is 0 Å². The first-order chi connectivity index (χ1) is 7.27. The van der Waals surface area contributed by atoms with Gasteiger partial charge in [-0.1, -0.05) is 0 Å². The third kappa shape index (κ3) is 3.00. The maximum atomic E-state index is 4.16. The second kappa shape index (κ2) is 4.72. The normalized spacial score (nSPS) is 16.2. The molecule has 5 nitrogen and oxygen atoms in total. The molecule has 1 saturated carbocycles. The van der Waals surface area contributed by atoms with Gasteiger partial charge in [0.25, 0.3) is 0 Å². The molecule has 84 valence electrons. The molecule has 15 heavy (non-hydrogen) atoms. The van der Waals surface area contributed by atoms with E-state index < -0.39 is 0 Å². The van der Waals surface area contributed by atoms with Gasteiger partial charge in [0.15, 0.2) is 0 Å². The van der Waals surface area contributed by atoms with Crippen LogP contribution in [0.1, 0.15) is 18.7 Å². The Kier molecular flexibility index (Phi) is 3.33. The van der Waals surface area contributed by atoms with E-state index in [0.29, 0.717) is 0 Å². The smallest absolute Gasteiger partial charge is 0.140 e. The standard InChI is InChI=1S/C10H19N5/c1-14(9-3-4-9)6-5-11-7-10-12-8-13-15(10)2/h8-9,11H,3-7H2,1-2H3. The first-order valence-electron chi connectivity index (χ1n) is 5.51. The quantitative estimate of drug-likeness (QED) is 0.670. The lowest BCUT2D eigenvalue weighted by atomic mass is 10.5. The maximum Gasteiger partial charge on any atom is 0.140 e. The molecule has 0 aliphatic heterocycles. The van der Waals surface area contributed by atoms with Crippen LogP contribution >= 0.6 is 0 Å². The molecular formula is C10H19N5. The van der Waals surface area contributed by atoms with Crippen LogP contribution in [0.25, 0.3) is 0 Å². The van der Waals surface area contributed by atoms with Crippen LogP contribution in [0.15, 0.2) is 6.33 Å². The average Bonchev–Trinajstić information content (AvgIpc) is 2.99. The van der Waals surface area contributed by atoms with Gasteiger partial charge in [0.2, 0.25) is 0 Å². The summed E-state index contributed by atoms with van der Waals surface area (Å²) in [4.78, 5) is 6.58. The van der Waals surface area contributed by atoms with Gasteiger partial charge in [0, 0.05) is 26.2 Å². The van der Waals surface area contributed by atoms with Gasteiger partial charge in [0.05, 0.1) is 6.54 Å². The highest BCUT2D eigenvalue weighted by Gasteiger charge is 2.25. The summed E-state index contributed by atoms with van der Waals surface area (Å²) >= 11 is 0. The number of hydrogen-bond donors (Lipinski definition) is 1. The third-order valence-electron chi connectivity index (χ3n) is 2.90. The molecule has 1 aromatic rings. The summed E-state index contributed by atoms with van der Waals surface area (Å²) in [6, 6.07) is 0.849. The minimum absolute atomic E-state index is 0.801. The van der Waals surface area contributed by atoms with Crippen LogP contribution in [-0.2, 0) is 13.6 Å². The molecule has 0 aromatic carbocycles. The first-order valence-corrected chi connectivity index (χ1v) is 5.51. The molecule has 1 heterocycles. The van der Waals surface area contributed by atoms with Gasteiger partial charge in [0.1, 0.15) is 12.2 Å².